The van der Waals surface area contributed by atoms with E-state index >= 15 is 0 Å². The van der Waals surface area contributed by atoms with E-state index in [2.05, 4.69) is 59.3 Å². The Kier molecular flexibility index (Phi) is 5.53. The Bertz CT molecular complexity index is 1130. The molecule has 29 heavy (non-hydrogen) atoms. The largest absolute Gasteiger partial charge is 0.326 e. The highest BCUT2D eigenvalue weighted by molar-refractivity contribution is 7.29. The van der Waals surface area contributed by atoms with Crippen LogP contribution in [0.5, 0.6) is 0 Å². The zero-order chi connectivity index (χ0) is 19.8. The molecule has 5 rings (SSSR count). The lowest BCUT2D eigenvalue weighted by Gasteiger charge is -1.98. The van der Waals surface area contributed by atoms with Crippen molar-refractivity contribution in [1.82, 2.24) is 0 Å². The van der Waals surface area contributed by atoms with Gasteiger partial charge in [0.1, 0.15) is 0 Å². The molecule has 0 aliphatic heterocycles. The second kappa shape index (κ2) is 8.28. The fourth-order valence-electron chi connectivity index (χ4n) is 3.24. The van der Waals surface area contributed by atoms with Crippen LogP contribution in [-0.2, 0) is 13.1 Å². The molecule has 0 atom stereocenters. The van der Waals surface area contributed by atoms with Crippen LogP contribution in [-0.4, -0.2) is 0 Å². The Balaban J connectivity index is 1.54. The molecule has 5 heterocycles. The van der Waals surface area contributed by atoms with E-state index in [0.717, 1.165) is 0 Å². The minimum absolute atomic E-state index is 0.556. The molecule has 0 radical (unpaired) electrons. The zero-order valence-electron chi connectivity index (χ0n) is 15.4. The third-order valence-electron chi connectivity index (χ3n) is 4.64. The van der Waals surface area contributed by atoms with Crippen LogP contribution >= 0.6 is 56.7 Å². The molecule has 0 aromatic carbocycles. The number of hydrogen-bond acceptors (Lipinski definition) is 7. The van der Waals surface area contributed by atoms with Crippen molar-refractivity contribution in [2.75, 3.05) is 0 Å². The molecule has 5 aromatic rings. The topological polar surface area (TPSA) is 52.0 Å². The standard InChI is InChI=1S/C22H18N2S5/c23-11-13-9-19(15-3-1-7-25-15)28-21(13)17-5-6-18(27-17)22-14(12-24)10-20(29-22)16-4-2-8-26-16/h1-10H,11-12,23-24H2. The van der Waals surface area contributed by atoms with Gasteiger partial charge in [-0.15, -0.1) is 56.7 Å². The monoisotopic (exact) mass is 470 g/mol. The van der Waals surface area contributed by atoms with E-state index in [0.29, 0.717) is 13.1 Å². The Hall–Kier alpha value is -1.58. The Morgan fingerprint density at radius 1 is 0.552 bits per heavy atom. The van der Waals surface area contributed by atoms with Crippen LogP contribution in [0.15, 0.2) is 59.3 Å². The van der Waals surface area contributed by atoms with Crippen molar-refractivity contribution >= 4 is 56.7 Å². The highest BCUT2D eigenvalue weighted by Crippen LogP contribution is 2.47. The maximum Gasteiger partial charge on any atom is 0.0494 e. The van der Waals surface area contributed by atoms with Gasteiger partial charge in [-0.25, -0.2) is 0 Å². The molecule has 5 aromatic heterocycles. The average molecular weight is 471 g/mol. The van der Waals surface area contributed by atoms with Crippen LogP contribution < -0.4 is 11.5 Å². The van der Waals surface area contributed by atoms with Gasteiger partial charge in [0.15, 0.2) is 0 Å². The maximum absolute atomic E-state index is 6.08. The fourth-order valence-corrected chi connectivity index (χ4v) is 8.57. The predicted molar refractivity (Wildman–Crippen MR) is 133 cm³/mol. The first-order valence-corrected chi connectivity index (χ1v) is 13.3. The molecular formula is C22H18N2S5. The third kappa shape index (κ3) is 3.68. The van der Waals surface area contributed by atoms with Gasteiger partial charge in [-0.1, -0.05) is 12.1 Å². The quantitative estimate of drug-likeness (QED) is 0.269. The van der Waals surface area contributed by atoms with Gasteiger partial charge >= 0.3 is 0 Å². The van der Waals surface area contributed by atoms with Crippen molar-refractivity contribution in [3.8, 4) is 39.0 Å². The molecule has 146 valence electrons. The smallest absolute Gasteiger partial charge is 0.0494 e. The van der Waals surface area contributed by atoms with E-state index < -0.39 is 0 Å². The van der Waals surface area contributed by atoms with E-state index in [1.807, 2.05) is 34.0 Å². The van der Waals surface area contributed by atoms with E-state index in [4.69, 9.17) is 11.5 Å². The second-order valence-corrected chi connectivity index (χ2v) is 11.5. The highest BCUT2D eigenvalue weighted by atomic mass is 32.1. The van der Waals surface area contributed by atoms with Gasteiger partial charge in [0, 0.05) is 52.1 Å². The van der Waals surface area contributed by atoms with Crippen LogP contribution in [0.1, 0.15) is 11.1 Å². The summed E-state index contributed by atoms with van der Waals surface area (Å²) in [6.07, 6.45) is 0. The summed E-state index contributed by atoms with van der Waals surface area (Å²) in [4.78, 5) is 10.3. The fraction of sp³-hybridized carbons (Fsp3) is 0.0909. The first-order chi connectivity index (χ1) is 14.3. The average Bonchev–Trinajstić information content (AvgIpc) is 3.54. The molecule has 0 fully saturated rings. The third-order valence-corrected chi connectivity index (χ3v) is 10.6. The van der Waals surface area contributed by atoms with E-state index in [1.54, 1.807) is 22.7 Å². The van der Waals surface area contributed by atoms with Gasteiger partial charge in [-0.05, 0) is 58.3 Å². The molecule has 0 amide bonds. The van der Waals surface area contributed by atoms with Gasteiger partial charge in [-0.2, -0.15) is 0 Å². The lowest BCUT2D eigenvalue weighted by atomic mass is 10.2. The van der Waals surface area contributed by atoms with Gasteiger partial charge in [0.25, 0.3) is 0 Å². The second-order valence-electron chi connectivity index (χ2n) is 6.46. The summed E-state index contributed by atoms with van der Waals surface area (Å²) in [5.74, 6) is 0. The number of hydrogen-bond donors (Lipinski definition) is 2. The van der Waals surface area contributed by atoms with Crippen LogP contribution in [0.4, 0.5) is 0 Å². The van der Waals surface area contributed by atoms with Crippen LogP contribution in [0.25, 0.3) is 39.0 Å². The van der Waals surface area contributed by atoms with Gasteiger partial charge in [0.05, 0.1) is 0 Å². The Morgan fingerprint density at radius 3 is 1.41 bits per heavy atom. The summed E-state index contributed by atoms with van der Waals surface area (Å²) < 4.78 is 0. The molecule has 7 heteroatoms. The molecule has 0 unspecified atom stereocenters. The van der Waals surface area contributed by atoms with Crippen molar-refractivity contribution in [2.45, 2.75) is 13.1 Å². The van der Waals surface area contributed by atoms with Crippen LogP contribution in [0.2, 0.25) is 0 Å². The van der Waals surface area contributed by atoms with Gasteiger partial charge in [-0.3, -0.25) is 0 Å². The normalized spacial score (nSPS) is 11.4. The molecule has 0 aliphatic rings. The first-order valence-electron chi connectivity index (χ1n) is 9.10. The molecule has 0 saturated heterocycles. The number of thiophene rings is 5. The van der Waals surface area contributed by atoms with E-state index in [1.165, 1.54) is 50.1 Å². The summed E-state index contributed by atoms with van der Waals surface area (Å²) in [5, 5.41) is 4.24. The maximum atomic E-state index is 6.08. The van der Waals surface area contributed by atoms with Crippen molar-refractivity contribution in [3.05, 3.63) is 70.4 Å². The van der Waals surface area contributed by atoms with Gasteiger partial charge in [0.2, 0.25) is 0 Å². The summed E-state index contributed by atoms with van der Waals surface area (Å²) in [5.41, 5.74) is 14.6. The van der Waals surface area contributed by atoms with E-state index in [9.17, 15) is 0 Å². The Morgan fingerprint density at radius 2 is 1.03 bits per heavy atom. The van der Waals surface area contributed by atoms with Crippen LogP contribution in [0, 0.1) is 0 Å². The molecule has 0 saturated carbocycles. The molecular weight excluding hydrogens is 453 g/mol. The first kappa shape index (κ1) is 19.4. The van der Waals surface area contributed by atoms with Crippen LogP contribution in [0.3, 0.4) is 0 Å². The molecule has 0 aliphatic carbocycles. The SMILES string of the molecule is NCc1cc(-c2cccs2)sc1-c1ccc(-c2sc(-c3cccs3)cc2CN)s1. The lowest BCUT2D eigenvalue weighted by Crippen LogP contribution is -1.95. The number of rotatable bonds is 6. The minimum Gasteiger partial charge on any atom is -0.326 e. The molecule has 0 bridgehead atoms. The minimum atomic E-state index is 0.556. The molecule has 0 spiro atoms. The summed E-state index contributed by atoms with van der Waals surface area (Å²) in [7, 11) is 0. The van der Waals surface area contributed by atoms with Crippen molar-refractivity contribution in [3.63, 3.8) is 0 Å². The van der Waals surface area contributed by atoms with E-state index in [-0.39, 0.29) is 0 Å². The number of nitrogens with two attached hydrogens (primary N) is 2. The molecule has 4 N–H and O–H groups in total. The van der Waals surface area contributed by atoms with Gasteiger partial charge < -0.3 is 11.5 Å². The highest BCUT2D eigenvalue weighted by Gasteiger charge is 2.17. The molecule has 2 nitrogen and oxygen atoms in total. The summed E-state index contributed by atoms with van der Waals surface area (Å²) >= 11 is 9.06. The van der Waals surface area contributed by atoms with Crippen molar-refractivity contribution in [2.24, 2.45) is 11.5 Å². The van der Waals surface area contributed by atoms with Crippen molar-refractivity contribution in [1.29, 1.82) is 0 Å². The lowest BCUT2D eigenvalue weighted by molar-refractivity contribution is 1.09. The predicted octanol–water partition coefficient (Wildman–Crippen LogP) is 7.58. The summed E-state index contributed by atoms with van der Waals surface area (Å²) in [6, 6.07) is 17.5. The summed E-state index contributed by atoms with van der Waals surface area (Å²) in [6.45, 7) is 1.11. The van der Waals surface area contributed by atoms with Crippen molar-refractivity contribution < 1.29 is 0 Å². The Labute approximate surface area is 189 Å². The zero-order valence-corrected chi connectivity index (χ0v) is 19.5.